The highest BCUT2D eigenvalue weighted by Gasteiger charge is 2.45. The van der Waals surface area contributed by atoms with Crippen molar-refractivity contribution in [2.45, 2.75) is 58.8 Å². The second-order valence-corrected chi connectivity index (χ2v) is 5.13. The summed E-state index contributed by atoms with van der Waals surface area (Å²) in [6.45, 7) is 4.95. The molecule has 0 aromatic carbocycles. The van der Waals surface area contributed by atoms with Crippen LogP contribution in [0.25, 0.3) is 0 Å². The molecule has 2 aliphatic carbocycles. The molecule has 0 saturated heterocycles. The summed E-state index contributed by atoms with van der Waals surface area (Å²) in [7, 11) is 0. The minimum Gasteiger partial charge on any atom is -0.0651 e. The van der Waals surface area contributed by atoms with E-state index in [0.717, 1.165) is 17.3 Å². The van der Waals surface area contributed by atoms with Gasteiger partial charge in [-0.3, -0.25) is 0 Å². The zero-order valence-electron chi connectivity index (χ0n) is 8.60. The van der Waals surface area contributed by atoms with Gasteiger partial charge in [0.25, 0.3) is 0 Å². The van der Waals surface area contributed by atoms with Crippen LogP contribution in [-0.4, -0.2) is 0 Å². The highest BCUT2D eigenvalue weighted by molar-refractivity contribution is 4.96. The Morgan fingerprint density at radius 1 is 1.17 bits per heavy atom. The Hall–Kier alpha value is 0. The Morgan fingerprint density at radius 2 is 2.00 bits per heavy atom. The van der Waals surface area contributed by atoms with Crippen LogP contribution in [0.3, 0.4) is 0 Å². The van der Waals surface area contributed by atoms with Gasteiger partial charge in [0, 0.05) is 0 Å². The molecule has 0 heterocycles. The fraction of sp³-hybridized carbons (Fsp3) is 1.00. The molecule has 0 unspecified atom stereocenters. The zero-order valence-corrected chi connectivity index (χ0v) is 8.60. The van der Waals surface area contributed by atoms with Crippen LogP contribution in [0.15, 0.2) is 0 Å². The van der Waals surface area contributed by atoms with Gasteiger partial charge >= 0.3 is 0 Å². The SMILES string of the molecule is CC[C@@H]1CC[C@@H]2CCCC[C@]21C. The van der Waals surface area contributed by atoms with Gasteiger partial charge in [-0.05, 0) is 42.9 Å². The average molecular weight is 166 g/mol. The van der Waals surface area contributed by atoms with E-state index < -0.39 is 0 Å². The number of hydrogen-bond donors (Lipinski definition) is 0. The van der Waals surface area contributed by atoms with Crippen LogP contribution in [0.2, 0.25) is 0 Å². The topological polar surface area (TPSA) is 0 Å². The maximum atomic E-state index is 2.57. The van der Waals surface area contributed by atoms with Crippen molar-refractivity contribution in [3.05, 3.63) is 0 Å². The van der Waals surface area contributed by atoms with Crippen LogP contribution in [0.4, 0.5) is 0 Å². The maximum absolute atomic E-state index is 2.57. The second-order valence-electron chi connectivity index (χ2n) is 5.13. The lowest BCUT2D eigenvalue weighted by molar-refractivity contribution is 0.0974. The minimum absolute atomic E-state index is 0.757. The van der Waals surface area contributed by atoms with E-state index >= 15 is 0 Å². The fourth-order valence-corrected chi connectivity index (χ4v) is 3.84. The van der Waals surface area contributed by atoms with E-state index in [2.05, 4.69) is 13.8 Å². The molecule has 0 radical (unpaired) electrons. The van der Waals surface area contributed by atoms with Crippen molar-refractivity contribution in [3.8, 4) is 0 Å². The normalized spacial score (nSPS) is 47.5. The molecule has 0 amide bonds. The molecule has 0 bridgehead atoms. The van der Waals surface area contributed by atoms with Crippen molar-refractivity contribution in [2.75, 3.05) is 0 Å². The van der Waals surface area contributed by atoms with E-state index in [1.807, 2.05) is 0 Å². The largest absolute Gasteiger partial charge is 0.0651 e. The van der Waals surface area contributed by atoms with Crippen LogP contribution in [0.5, 0.6) is 0 Å². The molecule has 2 saturated carbocycles. The summed E-state index contributed by atoms with van der Waals surface area (Å²) in [5, 5.41) is 0. The highest BCUT2D eigenvalue weighted by atomic mass is 14.5. The molecule has 0 heteroatoms. The first-order valence-corrected chi connectivity index (χ1v) is 5.77. The Morgan fingerprint density at radius 3 is 2.75 bits per heavy atom. The fourth-order valence-electron chi connectivity index (χ4n) is 3.84. The first-order valence-electron chi connectivity index (χ1n) is 5.77. The third kappa shape index (κ3) is 1.11. The Balaban J connectivity index is 2.13. The van der Waals surface area contributed by atoms with E-state index in [1.165, 1.54) is 44.9 Å². The quantitative estimate of drug-likeness (QED) is 0.552. The summed E-state index contributed by atoms with van der Waals surface area (Å²) in [5.41, 5.74) is 0.757. The molecule has 3 atom stereocenters. The van der Waals surface area contributed by atoms with Gasteiger partial charge in [-0.1, -0.05) is 33.1 Å². The molecular formula is C12H22. The summed E-state index contributed by atoms with van der Waals surface area (Å²) >= 11 is 0. The van der Waals surface area contributed by atoms with E-state index in [1.54, 1.807) is 0 Å². The van der Waals surface area contributed by atoms with Crippen LogP contribution < -0.4 is 0 Å². The average Bonchev–Trinajstić information content (AvgIpc) is 2.41. The van der Waals surface area contributed by atoms with Gasteiger partial charge in [0.05, 0.1) is 0 Å². The summed E-state index contributed by atoms with van der Waals surface area (Å²) in [5.74, 6) is 2.15. The van der Waals surface area contributed by atoms with Crippen LogP contribution in [0, 0.1) is 17.3 Å². The van der Waals surface area contributed by atoms with Crippen LogP contribution in [0.1, 0.15) is 58.8 Å². The van der Waals surface area contributed by atoms with Gasteiger partial charge in [0.2, 0.25) is 0 Å². The lowest BCUT2D eigenvalue weighted by atomic mass is 9.65. The molecule has 2 rings (SSSR count). The predicted molar refractivity (Wildman–Crippen MR) is 53.1 cm³/mol. The molecule has 0 aliphatic heterocycles. The third-order valence-corrected chi connectivity index (χ3v) is 4.74. The van der Waals surface area contributed by atoms with Crippen LogP contribution in [-0.2, 0) is 0 Å². The van der Waals surface area contributed by atoms with E-state index in [0.29, 0.717) is 0 Å². The molecule has 0 spiro atoms. The number of hydrogen-bond acceptors (Lipinski definition) is 0. The number of rotatable bonds is 1. The van der Waals surface area contributed by atoms with Gasteiger partial charge in [0.1, 0.15) is 0 Å². The Bertz CT molecular complexity index is 153. The van der Waals surface area contributed by atoms with E-state index in [-0.39, 0.29) is 0 Å². The monoisotopic (exact) mass is 166 g/mol. The zero-order chi connectivity index (χ0) is 8.60. The van der Waals surface area contributed by atoms with Crippen molar-refractivity contribution < 1.29 is 0 Å². The molecule has 12 heavy (non-hydrogen) atoms. The third-order valence-electron chi connectivity index (χ3n) is 4.74. The van der Waals surface area contributed by atoms with Gasteiger partial charge < -0.3 is 0 Å². The van der Waals surface area contributed by atoms with Gasteiger partial charge in [-0.2, -0.15) is 0 Å². The Kier molecular flexibility index (Phi) is 2.18. The molecule has 0 nitrogen and oxygen atoms in total. The lowest BCUT2D eigenvalue weighted by Gasteiger charge is -2.40. The van der Waals surface area contributed by atoms with Gasteiger partial charge in [-0.25, -0.2) is 0 Å². The minimum atomic E-state index is 0.757. The molecular weight excluding hydrogens is 144 g/mol. The lowest BCUT2D eigenvalue weighted by Crippen LogP contribution is -2.31. The van der Waals surface area contributed by atoms with Gasteiger partial charge in [-0.15, -0.1) is 0 Å². The molecule has 70 valence electrons. The number of fused-ring (bicyclic) bond motifs is 1. The summed E-state index contributed by atoms with van der Waals surface area (Å²) < 4.78 is 0. The molecule has 2 aliphatic rings. The van der Waals surface area contributed by atoms with Crippen molar-refractivity contribution in [2.24, 2.45) is 17.3 Å². The summed E-state index contributed by atoms with van der Waals surface area (Å²) in [4.78, 5) is 0. The van der Waals surface area contributed by atoms with Crippen LogP contribution >= 0.6 is 0 Å². The van der Waals surface area contributed by atoms with Gasteiger partial charge in [0.15, 0.2) is 0 Å². The van der Waals surface area contributed by atoms with Crippen molar-refractivity contribution in [1.82, 2.24) is 0 Å². The first-order chi connectivity index (χ1) is 5.77. The van der Waals surface area contributed by atoms with Crippen molar-refractivity contribution >= 4 is 0 Å². The standard InChI is InChI=1S/C12H22/c1-3-10-7-8-11-6-4-5-9-12(10,11)2/h10-11H,3-9H2,1-2H3/t10-,11+,12+/m1/s1. The van der Waals surface area contributed by atoms with E-state index in [4.69, 9.17) is 0 Å². The molecule has 2 fully saturated rings. The smallest absolute Gasteiger partial charge is 0.0269 e. The van der Waals surface area contributed by atoms with E-state index in [9.17, 15) is 0 Å². The van der Waals surface area contributed by atoms with Crippen molar-refractivity contribution in [3.63, 3.8) is 0 Å². The molecule has 0 aromatic heterocycles. The Labute approximate surface area is 76.7 Å². The summed E-state index contributed by atoms with van der Waals surface area (Å²) in [6, 6.07) is 0. The van der Waals surface area contributed by atoms with Crippen molar-refractivity contribution in [1.29, 1.82) is 0 Å². The first kappa shape index (κ1) is 8.59. The second kappa shape index (κ2) is 3.05. The predicted octanol–water partition coefficient (Wildman–Crippen LogP) is 4.00. The summed E-state index contributed by atoms with van der Waals surface area (Å²) in [6.07, 6.45) is 10.6. The maximum Gasteiger partial charge on any atom is -0.0269 e. The molecule has 0 N–H and O–H groups in total. The molecule has 0 aromatic rings. The highest BCUT2D eigenvalue weighted by Crippen LogP contribution is 2.56.